The molecule has 0 aliphatic rings. The van der Waals surface area contributed by atoms with Gasteiger partial charge in [-0.05, 0) is 24.6 Å². The van der Waals surface area contributed by atoms with Crippen LogP contribution in [0.15, 0.2) is 30.3 Å². The van der Waals surface area contributed by atoms with Crippen LogP contribution in [0.4, 0.5) is 0 Å². The number of aromatic nitrogens is 1. The molecule has 0 aliphatic heterocycles. The molecule has 0 bridgehead atoms. The lowest BCUT2D eigenvalue weighted by atomic mass is 10.2. The molecule has 0 radical (unpaired) electrons. The molecule has 15 heavy (non-hydrogen) atoms. The first-order valence-electron chi connectivity index (χ1n) is 4.66. The van der Waals surface area contributed by atoms with Crippen molar-refractivity contribution in [2.45, 2.75) is 6.92 Å². The lowest BCUT2D eigenvalue weighted by Gasteiger charge is -1.92. The van der Waals surface area contributed by atoms with Gasteiger partial charge in [-0.15, -0.1) is 0 Å². The van der Waals surface area contributed by atoms with E-state index in [0.717, 1.165) is 28.2 Å². The lowest BCUT2D eigenvalue weighted by Crippen LogP contribution is -1.85. The Morgan fingerprint density at radius 2 is 2.27 bits per heavy atom. The molecule has 2 aromatic rings. The third kappa shape index (κ3) is 1.91. The Labute approximate surface area is 87.0 Å². The molecule has 1 aromatic carbocycles. The van der Waals surface area contributed by atoms with E-state index in [2.05, 4.69) is 4.98 Å². The van der Waals surface area contributed by atoms with Crippen LogP contribution in [0.25, 0.3) is 17.0 Å². The monoisotopic (exact) mass is 201 g/mol. The minimum Gasteiger partial charge on any atom is -0.478 e. The Morgan fingerprint density at radius 3 is 2.93 bits per heavy atom. The number of carboxylic acid groups (broad SMARTS) is 1. The molecule has 0 atom stereocenters. The van der Waals surface area contributed by atoms with Crippen LogP contribution in [0.5, 0.6) is 0 Å². The molecule has 1 heterocycles. The predicted molar refractivity (Wildman–Crippen MR) is 59.7 cm³/mol. The van der Waals surface area contributed by atoms with Crippen molar-refractivity contribution in [1.82, 2.24) is 4.98 Å². The van der Waals surface area contributed by atoms with Gasteiger partial charge in [0.2, 0.25) is 0 Å². The fourth-order valence-corrected chi connectivity index (χ4v) is 1.58. The Kier molecular flexibility index (Phi) is 2.29. The summed E-state index contributed by atoms with van der Waals surface area (Å²) in [6.07, 6.45) is 2.68. The van der Waals surface area contributed by atoms with Crippen LogP contribution in [0.1, 0.15) is 11.3 Å². The number of rotatable bonds is 2. The summed E-state index contributed by atoms with van der Waals surface area (Å²) in [5, 5.41) is 9.60. The van der Waals surface area contributed by atoms with Crippen LogP contribution in [-0.4, -0.2) is 16.1 Å². The maximum Gasteiger partial charge on any atom is 0.328 e. The van der Waals surface area contributed by atoms with E-state index in [1.54, 1.807) is 6.08 Å². The second-order valence-corrected chi connectivity index (χ2v) is 3.44. The van der Waals surface area contributed by atoms with Crippen LogP contribution in [0.3, 0.4) is 0 Å². The number of benzene rings is 1. The molecular formula is C12H11NO2. The van der Waals surface area contributed by atoms with Gasteiger partial charge in [0.15, 0.2) is 0 Å². The zero-order chi connectivity index (χ0) is 10.8. The highest BCUT2D eigenvalue weighted by Crippen LogP contribution is 2.19. The van der Waals surface area contributed by atoms with E-state index in [1.807, 2.05) is 31.2 Å². The van der Waals surface area contributed by atoms with Gasteiger partial charge in [-0.1, -0.05) is 18.2 Å². The molecule has 0 spiro atoms. The van der Waals surface area contributed by atoms with E-state index >= 15 is 0 Å². The molecule has 0 fully saturated rings. The largest absolute Gasteiger partial charge is 0.478 e. The third-order valence-electron chi connectivity index (χ3n) is 2.29. The van der Waals surface area contributed by atoms with Crippen molar-refractivity contribution in [2.24, 2.45) is 0 Å². The summed E-state index contributed by atoms with van der Waals surface area (Å²) in [5.41, 5.74) is 3.02. The zero-order valence-corrected chi connectivity index (χ0v) is 8.32. The minimum absolute atomic E-state index is 0.807. The van der Waals surface area contributed by atoms with Crippen molar-refractivity contribution in [1.29, 1.82) is 0 Å². The normalized spacial score (nSPS) is 11.3. The number of aromatic amines is 1. The number of fused-ring (bicyclic) bond motifs is 1. The van der Waals surface area contributed by atoms with Crippen LogP contribution >= 0.6 is 0 Å². The SMILES string of the molecule is Cc1cccc2cc(/C=C/C(=O)O)[nH]c12. The zero-order valence-electron chi connectivity index (χ0n) is 8.32. The van der Waals surface area contributed by atoms with Gasteiger partial charge < -0.3 is 10.1 Å². The number of aryl methyl sites for hydroxylation is 1. The van der Waals surface area contributed by atoms with E-state index in [0.29, 0.717) is 0 Å². The van der Waals surface area contributed by atoms with Crippen LogP contribution in [-0.2, 0) is 4.79 Å². The van der Waals surface area contributed by atoms with Gasteiger partial charge in [0, 0.05) is 22.7 Å². The van der Waals surface area contributed by atoms with Gasteiger partial charge in [0.05, 0.1) is 0 Å². The molecule has 2 N–H and O–H groups in total. The summed E-state index contributed by atoms with van der Waals surface area (Å²) < 4.78 is 0. The second kappa shape index (κ2) is 3.61. The summed E-state index contributed by atoms with van der Waals surface area (Å²) >= 11 is 0. The molecular weight excluding hydrogens is 190 g/mol. The molecule has 1 aromatic heterocycles. The topological polar surface area (TPSA) is 53.1 Å². The fourth-order valence-electron chi connectivity index (χ4n) is 1.58. The highest BCUT2D eigenvalue weighted by molar-refractivity contribution is 5.89. The molecule has 3 nitrogen and oxygen atoms in total. The van der Waals surface area contributed by atoms with Crippen molar-refractivity contribution in [3.8, 4) is 0 Å². The number of carboxylic acids is 1. The molecule has 0 amide bonds. The standard InChI is InChI=1S/C12H11NO2/c1-8-3-2-4-9-7-10(13-12(8)9)5-6-11(14)15/h2-7,13H,1H3,(H,14,15)/b6-5+. The van der Waals surface area contributed by atoms with Crippen LogP contribution in [0.2, 0.25) is 0 Å². The quantitative estimate of drug-likeness (QED) is 0.734. The third-order valence-corrected chi connectivity index (χ3v) is 2.29. The van der Waals surface area contributed by atoms with Crippen LogP contribution in [0, 0.1) is 6.92 Å². The number of aliphatic carboxylic acids is 1. The summed E-state index contributed by atoms with van der Waals surface area (Å²) in [6.45, 7) is 2.02. The number of hydrogen-bond donors (Lipinski definition) is 2. The highest BCUT2D eigenvalue weighted by atomic mass is 16.4. The van der Waals surface area contributed by atoms with Crippen molar-refractivity contribution in [3.05, 3.63) is 41.6 Å². The summed E-state index contributed by atoms with van der Waals surface area (Å²) in [5.74, 6) is -0.939. The summed E-state index contributed by atoms with van der Waals surface area (Å²) in [7, 11) is 0. The van der Waals surface area contributed by atoms with Gasteiger partial charge in [0.25, 0.3) is 0 Å². The summed E-state index contributed by atoms with van der Waals surface area (Å²) in [6, 6.07) is 7.93. The molecule has 76 valence electrons. The van der Waals surface area contributed by atoms with Gasteiger partial charge in [-0.25, -0.2) is 4.79 Å². The van der Waals surface area contributed by atoms with Gasteiger partial charge in [-0.3, -0.25) is 0 Å². The smallest absolute Gasteiger partial charge is 0.328 e. The first-order valence-corrected chi connectivity index (χ1v) is 4.66. The van der Waals surface area contributed by atoms with E-state index in [1.165, 1.54) is 0 Å². The number of H-pyrrole nitrogens is 1. The minimum atomic E-state index is -0.939. The Bertz CT molecular complexity index is 538. The van der Waals surface area contributed by atoms with Crippen molar-refractivity contribution in [3.63, 3.8) is 0 Å². The van der Waals surface area contributed by atoms with Crippen molar-refractivity contribution >= 4 is 22.9 Å². The maximum atomic E-state index is 10.4. The van der Waals surface area contributed by atoms with Gasteiger partial charge in [-0.2, -0.15) is 0 Å². The molecule has 0 saturated heterocycles. The van der Waals surface area contributed by atoms with Crippen molar-refractivity contribution in [2.75, 3.05) is 0 Å². The molecule has 0 saturated carbocycles. The lowest BCUT2D eigenvalue weighted by molar-refractivity contribution is -0.131. The van der Waals surface area contributed by atoms with Crippen LogP contribution < -0.4 is 0 Å². The van der Waals surface area contributed by atoms with Crippen molar-refractivity contribution < 1.29 is 9.90 Å². The maximum absolute atomic E-state index is 10.4. The first-order chi connectivity index (χ1) is 7.16. The van der Waals surface area contributed by atoms with Gasteiger partial charge in [0.1, 0.15) is 0 Å². The molecule has 2 rings (SSSR count). The highest BCUT2D eigenvalue weighted by Gasteiger charge is 2.00. The Hall–Kier alpha value is -2.03. The van der Waals surface area contributed by atoms with E-state index < -0.39 is 5.97 Å². The van der Waals surface area contributed by atoms with E-state index in [-0.39, 0.29) is 0 Å². The Balaban J connectivity index is 2.48. The number of nitrogens with one attached hydrogen (secondary N) is 1. The van der Waals surface area contributed by atoms with E-state index in [9.17, 15) is 4.79 Å². The number of hydrogen-bond acceptors (Lipinski definition) is 1. The molecule has 3 heteroatoms. The van der Waals surface area contributed by atoms with E-state index in [4.69, 9.17) is 5.11 Å². The number of para-hydroxylation sites is 1. The average molecular weight is 201 g/mol. The Morgan fingerprint density at radius 1 is 1.47 bits per heavy atom. The molecule has 0 aliphatic carbocycles. The van der Waals surface area contributed by atoms with Gasteiger partial charge >= 0.3 is 5.97 Å². The first kappa shape index (κ1) is 9.52. The number of carbonyl (C=O) groups is 1. The fraction of sp³-hybridized carbons (Fsp3) is 0.0833. The average Bonchev–Trinajstić information content (AvgIpc) is 2.59. The second-order valence-electron chi connectivity index (χ2n) is 3.44. The summed E-state index contributed by atoms with van der Waals surface area (Å²) in [4.78, 5) is 13.5. The molecule has 0 unspecified atom stereocenters. The predicted octanol–water partition coefficient (Wildman–Crippen LogP) is 2.57.